The number of benzene rings is 1. The van der Waals surface area contributed by atoms with Gasteiger partial charge in [0.25, 0.3) is 5.56 Å². The summed E-state index contributed by atoms with van der Waals surface area (Å²) in [6.07, 6.45) is 0. The van der Waals surface area contributed by atoms with Crippen LogP contribution in [0.3, 0.4) is 0 Å². The van der Waals surface area contributed by atoms with Crippen LogP contribution in [0.1, 0.15) is 5.69 Å². The number of aryl methyl sites for hydroxylation is 1. The van der Waals surface area contributed by atoms with Crippen molar-refractivity contribution in [2.45, 2.75) is 6.92 Å². The normalized spacial score (nSPS) is 10.8. The molecular weight excluding hydrogens is 290 g/mol. The number of H-pyrrole nitrogens is 2. The molecule has 7 heteroatoms. The minimum Gasteiger partial charge on any atom is -0.394 e. The van der Waals surface area contributed by atoms with Gasteiger partial charge in [-0.15, -0.1) is 0 Å². The molecule has 1 aromatic carbocycles. The lowest BCUT2D eigenvalue weighted by molar-refractivity contribution is 0.949. The van der Waals surface area contributed by atoms with Gasteiger partial charge in [0.05, 0.1) is 22.6 Å². The predicted octanol–water partition coefficient (Wildman–Crippen LogP) is 2.37. The molecule has 0 spiro atoms. The molecule has 0 radical (unpaired) electrons. The standard InChI is InChI=1S/C14H12ClN5O/c1-7-12(13(16)14(21)20-17-7)11-6-10(18-19-11)8-2-4-9(15)5-3-8/h2-6H,1H3,(H2,16,17)(H,18,19)(H,20,21). The highest BCUT2D eigenvalue weighted by atomic mass is 35.5. The first-order valence-electron chi connectivity index (χ1n) is 6.22. The summed E-state index contributed by atoms with van der Waals surface area (Å²) in [6, 6.07) is 9.14. The zero-order valence-corrected chi connectivity index (χ0v) is 11.9. The zero-order valence-electron chi connectivity index (χ0n) is 11.1. The SMILES string of the molecule is Cc1n[nH]c(=O)c(N)c1-c1cc(-c2ccc(Cl)cc2)n[nH]1. The van der Waals surface area contributed by atoms with E-state index in [1.807, 2.05) is 18.2 Å². The Kier molecular flexibility index (Phi) is 3.23. The first kappa shape index (κ1) is 13.4. The molecule has 4 N–H and O–H groups in total. The van der Waals surface area contributed by atoms with Gasteiger partial charge in [-0.25, -0.2) is 5.10 Å². The molecule has 0 aliphatic rings. The van der Waals surface area contributed by atoms with E-state index in [9.17, 15) is 4.79 Å². The van der Waals surface area contributed by atoms with E-state index in [0.29, 0.717) is 22.0 Å². The second-order valence-electron chi connectivity index (χ2n) is 4.60. The van der Waals surface area contributed by atoms with Gasteiger partial charge in [-0.2, -0.15) is 10.2 Å². The van der Waals surface area contributed by atoms with Crippen LogP contribution < -0.4 is 11.3 Å². The van der Waals surface area contributed by atoms with Crippen LogP contribution in [0.5, 0.6) is 0 Å². The summed E-state index contributed by atoms with van der Waals surface area (Å²) in [4.78, 5) is 11.6. The Labute approximate surface area is 125 Å². The van der Waals surface area contributed by atoms with Gasteiger partial charge in [0.15, 0.2) is 0 Å². The van der Waals surface area contributed by atoms with Crippen molar-refractivity contribution in [1.82, 2.24) is 20.4 Å². The number of nitrogens with zero attached hydrogens (tertiary/aromatic N) is 2. The van der Waals surface area contributed by atoms with Crippen molar-refractivity contribution in [2.75, 3.05) is 5.73 Å². The quantitative estimate of drug-likeness (QED) is 0.676. The molecule has 0 aliphatic carbocycles. The molecule has 0 fully saturated rings. The van der Waals surface area contributed by atoms with Crippen molar-refractivity contribution in [1.29, 1.82) is 0 Å². The number of hydrogen-bond acceptors (Lipinski definition) is 4. The van der Waals surface area contributed by atoms with Crippen LogP contribution in [0, 0.1) is 6.92 Å². The molecule has 0 saturated heterocycles. The van der Waals surface area contributed by atoms with E-state index in [1.54, 1.807) is 19.1 Å². The monoisotopic (exact) mass is 301 g/mol. The van der Waals surface area contributed by atoms with Gasteiger partial charge in [0.2, 0.25) is 0 Å². The first-order chi connectivity index (χ1) is 10.1. The minimum absolute atomic E-state index is 0.119. The van der Waals surface area contributed by atoms with Gasteiger partial charge in [-0.1, -0.05) is 23.7 Å². The highest BCUT2D eigenvalue weighted by Gasteiger charge is 2.14. The maximum absolute atomic E-state index is 11.6. The topological polar surface area (TPSA) is 100 Å². The number of nitrogens with one attached hydrogen (secondary N) is 2. The molecule has 6 nitrogen and oxygen atoms in total. The fourth-order valence-corrected chi connectivity index (χ4v) is 2.24. The van der Waals surface area contributed by atoms with Crippen molar-refractivity contribution in [3.8, 4) is 22.5 Å². The summed E-state index contributed by atoms with van der Waals surface area (Å²) in [5.41, 5.74) is 9.02. The van der Waals surface area contributed by atoms with Gasteiger partial charge in [0.1, 0.15) is 5.69 Å². The average Bonchev–Trinajstić information content (AvgIpc) is 2.94. The summed E-state index contributed by atoms with van der Waals surface area (Å²) >= 11 is 5.87. The van der Waals surface area contributed by atoms with Gasteiger partial charge < -0.3 is 5.73 Å². The summed E-state index contributed by atoms with van der Waals surface area (Å²) in [5, 5.41) is 14.1. The third-order valence-electron chi connectivity index (χ3n) is 3.19. The van der Waals surface area contributed by atoms with Gasteiger partial charge in [-0.3, -0.25) is 9.89 Å². The largest absolute Gasteiger partial charge is 0.394 e. The molecule has 0 saturated carbocycles. The van der Waals surface area contributed by atoms with Crippen molar-refractivity contribution in [2.24, 2.45) is 0 Å². The molecule has 0 unspecified atom stereocenters. The summed E-state index contributed by atoms with van der Waals surface area (Å²) in [5.74, 6) is 0. The highest BCUT2D eigenvalue weighted by Crippen LogP contribution is 2.28. The Morgan fingerprint density at radius 2 is 1.86 bits per heavy atom. The molecule has 0 bridgehead atoms. The molecule has 106 valence electrons. The van der Waals surface area contributed by atoms with E-state index in [1.165, 1.54) is 0 Å². The van der Waals surface area contributed by atoms with E-state index in [-0.39, 0.29) is 5.69 Å². The second-order valence-corrected chi connectivity index (χ2v) is 5.04. The first-order valence-corrected chi connectivity index (χ1v) is 6.60. The molecule has 0 atom stereocenters. The number of hydrogen-bond donors (Lipinski definition) is 3. The lowest BCUT2D eigenvalue weighted by atomic mass is 10.1. The van der Waals surface area contributed by atoms with Gasteiger partial charge >= 0.3 is 0 Å². The average molecular weight is 302 g/mol. The number of aromatic amines is 2. The van der Waals surface area contributed by atoms with Crippen LogP contribution in [-0.4, -0.2) is 20.4 Å². The van der Waals surface area contributed by atoms with Crippen LogP contribution in [0.15, 0.2) is 35.1 Å². The third-order valence-corrected chi connectivity index (χ3v) is 3.44. The fourth-order valence-electron chi connectivity index (χ4n) is 2.12. The highest BCUT2D eigenvalue weighted by molar-refractivity contribution is 6.30. The Morgan fingerprint density at radius 3 is 2.57 bits per heavy atom. The molecule has 0 aliphatic heterocycles. The zero-order chi connectivity index (χ0) is 15.0. The Bertz CT molecular complexity index is 851. The predicted molar refractivity (Wildman–Crippen MR) is 82.0 cm³/mol. The number of rotatable bonds is 2. The molecule has 21 heavy (non-hydrogen) atoms. The third kappa shape index (κ3) is 2.41. The fraction of sp³-hybridized carbons (Fsp3) is 0.0714. The molecule has 3 rings (SSSR count). The second kappa shape index (κ2) is 5.06. The summed E-state index contributed by atoms with van der Waals surface area (Å²) in [7, 11) is 0. The summed E-state index contributed by atoms with van der Waals surface area (Å²) < 4.78 is 0. The van der Waals surface area contributed by atoms with E-state index >= 15 is 0 Å². The van der Waals surface area contributed by atoms with Crippen molar-refractivity contribution >= 4 is 17.3 Å². The molecule has 2 heterocycles. The van der Waals surface area contributed by atoms with Crippen LogP contribution in [-0.2, 0) is 0 Å². The maximum Gasteiger partial charge on any atom is 0.287 e. The smallest absolute Gasteiger partial charge is 0.287 e. The molecular formula is C14H12ClN5O. The van der Waals surface area contributed by atoms with Crippen LogP contribution in [0.4, 0.5) is 5.69 Å². The lowest BCUT2D eigenvalue weighted by Gasteiger charge is -2.04. The van der Waals surface area contributed by atoms with Crippen LogP contribution in [0.25, 0.3) is 22.5 Å². The Morgan fingerprint density at radius 1 is 1.14 bits per heavy atom. The Balaban J connectivity index is 2.09. The molecule has 0 amide bonds. The number of anilines is 1. The van der Waals surface area contributed by atoms with Crippen molar-refractivity contribution in [3.63, 3.8) is 0 Å². The number of halogens is 1. The summed E-state index contributed by atoms with van der Waals surface area (Å²) in [6.45, 7) is 1.77. The number of nitrogens with two attached hydrogens (primary N) is 1. The van der Waals surface area contributed by atoms with Gasteiger partial charge in [0, 0.05) is 10.6 Å². The minimum atomic E-state index is -0.418. The maximum atomic E-state index is 11.6. The number of nitrogen functional groups attached to an aromatic ring is 1. The van der Waals surface area contributed by atoms with Crippen molar-refractivity contribution in [3.05, 3.63) is 51.4 Å². The number of aromatic nitrogens is 4. The molecule has 3 aromatic rings. The molecule has 2 aromatic heterocycles. The van der Waals surface area contributed by atoms with E-state index in [0.717, 1.165) is 11.3 Å². The lowest BCUT2D eigenvalue weighted by Crippen LogP contribution is -2.16. The van der Waals surface area contributed by atoms with E-state index in [2.05, 4.69) is 20.4 Å². The van der Waals surface area contributed by atoms with Crippen LogP contribution >= 0.6 is 11.6 Å². The van der Waals surface area contributed by atoms with E-state index in [4.69, 9.17) is 17.3 Å². The van der Waals surface area contributed by atoms with E-state index < -0.39 is 5.56 Å². The van der Waals surface area contributed by atoms with Crippen molar-refractivity contribution < 1.29 is 0 Å². The van der Waals surface area contributed by atoms with Crippen LogP contribution in [0.2, 0.25) is 5.02 Å². The Hall–Kier alpha value is -2.60. The van der Waals surface area contributed by atoms with Gasteiger partial charge in [-0.05, 0) is 25.1 Å².